The first-order valence-electron chi connectivity index (χ1n) is 5.73. The molecule has 0 aliphatic carbocycles. The molecule has 0 heterocycles. The second-order valence-electron chi connectivity index (χ2n) is 4.20. The summed E-state index contributed by atoms with van der Waals surface area (Å²) in [5.41, 5.74) is 3.66. The Balaban J connectivity index is 3.18. The van der Waals surface area contributed by atoms with Crippen molar-refractivity contribution in [1.29, 1.82) is 10.5 Å². The largest absolute Gasteiger partial charge is 0.461 e. The van der Waals surface area contributed by atoms with E-state index < -0.39 is 0 Å². The Hall–Kier alpha value is -2.59. The lowest BCUT2D eigenvalue weighted by molar-refractivity contribution is -0.142. The van der Waals surface area contributed by atoms with Crippen LogP contribution in [0, 0.1) is 36.5 Å². The second-order valence-corrected chi connectivity index (χ2v) is 4.20. The van der Waals surface area contributed by atoms with E-state index in [9.17, 15) is 4.79 Å². The highest BCUT2D eigenvalue weighted by Gasteiger charge is 2.06. The van der Waals surface area contributed by atoms with Gasteiger partial charge in [0, 0.05) is 6.92 Å². The Morgan fingerprint density at radius 3 is 2.42 bits per heavy atom. The van der Waals surface area contributed by atoms with Gasteiger partial charge in [-0.3, -0.25) is 4.79 Å². The van der Waals surface area contributed by atoms with Gasteiger partial charge in [0.15, 0.2) is 0 Å². The first-order valence-corrected chi connectivity index (χ1v) is 5.73. The average Bonchev–Trinajstić information content (AvgIpc) is 2.36. The van der Waals surface area contributed by atoms with Gasteiger partial charge in [0.05, 0.1) is 0 Å². The summed E-state index contributed by atoms with van der Waals surface area (Å²) in [5.74, 6) is -0.341. The Kier molecular flexibility index (Phi) is 4.85. The smallest absolute Gasteiger partial charge is 0.302 e. The highest BCUT2D eigenvalue weighted by molar-refractivity contribution is 5.67. The number of benzene rings is 1. The minimum absolute atomic E-state index is 0.0467. The molecule has 4 heteroatoms. The molecule has 0 bridgehead atoms. The Labute approximate surface area is 112 Å². The predicted octanol–water partition coefficient (Wildman–Crippen LogP) is 2.80. The van der Waals surface area contributed by atoms with Crippen molar-refractivity contribution in [1.82, 2.24) is 0 Å². The van der Waals surface area contributed by atoms with Crippen LogP contribution in [0.2, 0.25) is 0 Å². The van der Waals surface area contributed by atoms with Gasteiger partial charge in [-0.05, 0) is 48.2 Å². The van der Waals surface area contributed by atoms with Gasteiger partial charge in [0.2, 0.25) is 0 Å². The maximum Gasteiger partial charge on any atom is 0.302 e. The maximum atomic E-state index is 10.8. The van der Waals surface area contributed by atoms with Crippen molar-refractivity contribution in [3.8, 4) is 12.1 Å². The monoisotopic (exact) mass is 254 g/mol. The fourth-order valence-corrected chi connectivity index (χ4v) is 1.65. The van der Waals surface area contributed by atoms with E-state index in [2.05, 4.69) is 0 Å². The lowest BCUT2D eigenvalue weighted by Gasteiger charge is -2.10. The zero-order valence-corrected chi connectivity index (χ0v) is 11.2. The lowest BCUT2D eigenvalue weighted by Crippen LogP contribution is -2.01. The van der Waals surface area contributed by atoms with Gasteiger partial charge < -0.3 is 4.74 Å². The van der Waals surface area contributed by atoms with Crippen LogP contribution in [-0.2, 0) is 16.1 Å². The molecule has 0 spiro atoms. The van der Waals surface area contributed by atoms with Gasteiger partial charge in [0.25, 0.3) is 0 Å². The molecule has 0 unspecified atom stereocenters. The van der Waals surface area contributed by atoms with Gasteiger partial charge >= 0.3 is 5.97 Å². The third-order valence-electron chi connectivity index (χ3n) is 2.70. The Bertz CT molecular complexity index is 600. The summed E-state index contributed by atoms with van der Waals surface area (Å²) in [4.78, 5) is 10.8. The minimum atomic E-state index is -0.341. The number of nitrogens with zero attached hydrogens (tertiary/aromatic N) is 2. The van der Waals surface area contributed by atoms with Crippen LogP contribution in [0.3, 0.4) is 0 Å². The summed E-state index contributed by atoms with van der Waals surface area (Å²) in [6, 6.07) is 7.43. The first-order chi connectivity index (χ1) is 8.97. The normalized spacial score (nSPS) is 9.11. The molecule has 4 nitrogen and oxygen atoms in total. The molecular formula is C15H14N2O2. The number of rotatable bonds is 3. The van der Waals surface area contributed by atoms with Crippen LogP contribution in [0.15, 0.2) is 17.7 Å². The fourth-order valence-electron chi connectivity index (χ4n) is 1.65. The molecule has 1 aromatic rings. The second kappa shape index (κ2) is 6.37. The summed E-state index contributed by atoms with van der Waals surface area (Å²) in [5, 5.41) is 17.5. The van der Waals surface area contributed by atoms with Gasteiger partial charge in [-0.2, -0.15) is 10.5 Å². The van der Waals surface area contributed by atoms with Gasteiger partial charge in [-0.15, -0.1) is 0 Å². The molecule has 0 atom stereocenters. The minimum Gasteiger partial charge on any atom is -0.461 e. The molecule has 0 radical (unpaired) electrons. The van der Waals surface area contributed by atoms with E-state index >= 15 is 0 Å². The van der Waals surface area contributed by atoms with E-state index in [0.717, 1.165) is 22.3 Å². The molecular weight excluding hydrogens is 240 g/mol. The maximum absolute atomic E-state index is 10.8. The van der Waals surface area contributed by atoms with Crippen LogP contribution in [0.4, 0.5) is 0 Å². The van der Waals surface area contributed by atoms with E-state index in [0.29, 0.717) is 0 Å². The zero-order chi connectivity index (χ0) is 14.4. The van der Waals surface area contributed by atoms with Crippen molar-refractivity contribution < 1.29 is 9.53 Å². The lowest BCUT2D eigenvalue weighted by atomic mass is 9.99. The van der Waals surface area contributed by atoms with Crippen LogP contribution in [-0.4, -0.2) is 5.97 Å². The Morgan fingerprint density at radius 1 is 1.26 bits per heavy atom. The van der Waals surface area contributed by atoms with Crippen molar-refractivity contribution in [2.24, 2.45) is 0 Å². The predicted molar refractivity (Wildman–Crippen MR) is 70.6 cm³/mol. The van der Waals surface area contributed by atoms with Crippen LogP contribution in [0.1, 0.15) is 29.2 Å². The highest BCUT2D eigenvalue weighted by atomic mass is 16.5. The third-order valence-corrected chi connectivity index (χ3v) is 2.70. The van der Waals surface area contributed by atoms with Crippen molar-refractivity contribution >= 4 is 12.0 Å². The summed E-state index contributed by atoms with van der Waals surface area (Å²) in [7, 11) is 0. The Morgan fingerprint density at radius 2 is 1.89 bits per heavy atom. The number of aryl methyl sites for hydroxylation is 2. The number of hydrogen-bond donors (Lipinski definition) is 0. The molecule has 0 fully saturated rings. The third kappa shape index (κ3) is 3.97. The molecule has 0 aliphatic rings. The molecule has 0 N–H and O–H groups in total. The fraction of sp³-hybridized carbons (Fsp3) is 0.267. The van der Waals surface area contributed by atoms with Crippen molar-refractivity contribution in [3.05, 3.63) is 40.0 Å². The molecule has 1 aromatic carbocycles. The van der Waals surface area contributed by atoms with E-state index in [1.165, 1.54) is 13.0 Å². The molecule has 1 rings (SSSR count). The number of carbonyl (C=O) groups excluding carboxylic acids is 1. The summed E-state index contributed by atoms with van der Waals surface area (Å²) in [6.45, 7) is 5.38. The van der Waals surface area contributed by atoms with E-state index in [4.69, 9.17) is 15.3 Å². The zero-order valence-electron chi connectivity index (χ0n) is 11.2. The quantitative estimate of drug-likeness (QED) is 0.614. The number of allylic oxidation sites excluding steroid dienone is 1. The molecule has 96 valence electrons. The van der Waals surface area contributed by atoms with Crippen molar-refractivity contribution in [2.75, 3.05) is 0 Å². The average molecular weight is 254 g/mol. The van der Waals surface area contributed by atoms with Gasteiger partial charge in [-0.25, -0.2) is 0 Å². The standard InChI is InChI=1S/C15H14N2O2/c1-10-4-11(2)15(9-19-12(3)18)6-14(10)5-13(7-16)8-17/h4-6H,9H2,1-3H3. The topological polar surface area (TPSA) is 73.9 Å². The van der Waals surface area contributed by atoms with E-state index in [1.54, 1.807) is 0 Å². The molecule has 19 heavy (non-hydrogen) atoms. The number of esters is 1. The van der Waals surface area contributed by atoms with Crippen molar-refractivity contribution in [3.63, 3.8) is 0 Å². The SMILES string of the molecule is CC(=O)OCc1cc(C=C(C#N)C#N)c(C)cc1C. The summed E-state index contributed by atoms with van der Waals surface area (Å²) < 4.78 is 4.97. The molecule has 0 aromatic heterocycles. The number of hydrogen-bond acceptors (Lipinski definition) is 4. The summed E-state index contributed by atoms with van der Waals surface area (Å²) >= 11 is 0. The van der Waals surface area contributed by atoms with Crippen LogP contribution in [0.25, 0.3) is 6.08 Å². The molecule has 0 saturated heterocycles. The molecule has 0 aliphatic heterocycles. The van der Waals surface area contributed by atoms with Crippen LogP contribution in [0.5, 0.6) is 0 Å². The van der Waals surface area contributed by atoms with Gasteiger partial charge in [0.1, 0.15) is 24.3 Å². The van der Waals surface area contributed by atoms with E-state index in [1.807, 2.05) is 38.1 Å². The highest BCUT2D eigenvalue weighted by Crippen LogP contribution is 2.19. The summed E-state index contributed by atoms with van der Waals surface area (Å²) in [6.07, 6.45) is 1.53. The van der Waals surface area contributed by atoms with Crippen molar-refractivity contribution in [2.45, 2.75) is 27.4 Å². The number of nitriles is 2. The molecule has 0 amide bonds. The van der Waals surface area contributed by atoms with E-state index in [-0.39, 0.29) is 18.1 Å². The number of ether oxygens (including phenoxy) is 1. The number of carbonyl (C=O) groups is 1. The first kappa shape index (κ1) is 14.5. The van der Waals surface area contributed by atoms with Crippen LogP contribution >= 0.6 is 0 Å². The molecule has 0 saturated carbocycles. The van der Waals surface area contributed by atoms with Crippen LogP contribution < -0.4 is 0 Å². The van der Waals surface area contributed by atoms with Gasteiger partial charge in [-0.1, -0.05) is 6.07 Å².